The van der Waals surface area contributed by atoms with Crippen LogP contribution >= 0.6 is 18.0 Å². The number of fused-ring (bicyclic) bond motifs is 3. The molecule has 26 heavy (non-hydrogen) atoms. The van der Waals surface area contributed by atoms with E-state index in [9.17, 15) is 9.36 Å². The zero-order chi connectivity index (χ0) is 18.7. The van der Waals surface area contributed by atoms with Gasteiger partial charge in [-0.2, -0.15) is 0 Å². The van der Waals surface area contributed by atoms with Gasteiger partial charge in [-0.25, -0.2) is 4.79 Å². The highest BCUT2D eigenvalue weighted by molar-refractivity contribution is 7.85. The molecule has 0 bridgehead atoms. The molecule has 1 amide bonds. The first kappa shape index (κ1) is 19.0. The normalized spacial score (nSPS) is 15.0. The Morgan fingerprint density at radius 1 is 1.12 bits per heavy atom. The van der Waals surface area contributed by atoms with Gasteiger partial charge in [-0.05, 0) is 40.4 Å². The first-order valence-corrected chi connectivity index (χ1v) is 11.1. The Bertz CT molecular complexity index is 811. The van der Waals surface area contributed by atoms with Gasteiger partial charge < -0.3 is 14.2 Å². The number of amides is 1. The number of benzene rings is 2. The summed E-state index contributed by atoms with van der Waals surface area (Å²) in [6, 6.07) is 16.2. The predicted octanol–water partition coefficient (Wildman–Crippen LogP) is 5.29. The Balaban J connectivity index is 1.70. The molecule has 138 valence electrons. The van der Waals surface area contributed by atoms with E-state index in [2.05, 4.69) is 24.3 Å². The third-order valence-corrected chi connectivity index (χ3v) is 6.37. The van der Waals surface area contributed by atoms with Gasteiger partial charge in [-0.3, -0.25) is 4.57 Å². The fourth-order valence-electron chi connectivity index (χ4n) is 3.25. The van der Waals surface area contributed by atoms with E-state index in [0.29, 0.717) is 0 Å². The van der Waals surface area contributed by atoms with E-state index in [1.807, 2.05) is 24.3 Å². The molecule has 0 N–H and O–H groups in total. The number of rotatable bonds is 6. The smallest absolute Gasteiger partial charge is 0.410 e. The third kappa shape index (κ3) is 3.96. The van der Waals surface area contributed by atoms with Crippen molar-refractivity contribution in [1.29, 1.82) is 0 Å². The second-order valence-electron chi connectivity index (χ2n) is 6.15. The third-order valence-electron chi connectivity index (χ3n) is 4.35. The lowest BCUT2D eigenvalue weighted by Crippen LogP contribution is -2.29. The molecule has 1 aliphatic carbocycles. The van der Waals surface area contributed by atoms with Crippen molar-refractivity contribution in [3.8, 4) is 11.1 Å². The molecule has 1 unspecified atom stereocenters. The summed E-state index contributed by atoms with van der Waals surface area (Å²) in [5, 5.41) is 0. The van der Waals surface area contributed by atoms with E-state index in [1.165, 1.54) is 23.1 Å². The molecule has 1 atom stereocenters. The van der Waals surface area contributed by atoms with E-state index >= 15 is 0 Å². The molecule has 0 heterocycles. The van der Waals surface area contributed by atoms with Crippen LogP contribution in [-0.4, -0.2) is 37.5 Å². The van der Waals surface area contributed by atoms with Crippen molar-refractivity contribution in [3.05, 3.63) is 59.7 Å². The molecule has 2 aromatic carbocycles. The van der Waals surface area contributed by atoms with Crippen molar-refractivity contribution in [1.82, 2.24) is 4.90 Å². The summed E-state index contributed by atoms with van der Waals surface area (Å²) in [6.45, 7) is -1.24. The minimum absolute atomic E-state index is 0.0190. The second kappa shape index (κ2) is 7.83. The number of hydrogen-bond donors (Lipinski definition) is 0. The van der Waals surface area contributed by atoms with Crippen LogP contribution in [0.15, 0.2) is 48.5 Å². The number of carbonyl (C=O) groups is 1. The molecule has 1 aliphatic rings. The lowest BCUT2D eigenvalue weighted by Gasteiger charge is -2.21. The summed E-state index contributed by atoms with van der Waals surface area (Å²) < 4.78 is 22.5. The molecule has 0 aliphatic heterocycles. The van der Waals surface area contributed by atoms with Crippen LogP contribution in [0, 0.1) is 0 Å². The molecule has 0 saturated carbocycles. The fraction of sp³-hybridized carbons (Fsp3) is 0.316. The predicted molar refractivity (Wildman–Crippen MR) is 103 cm³/mol. The topological polar surface area (TPSA) is 55.8 Å². The van der Waals surface area contributed by atoms with Gasteiger partial charge in [0.25, 0.3) is 0 Å². The van der Waals surface area contributed by atoms with Crippen LogP contribution in [0.2, 0.25) is 0 Å². The second-order valence-corrected chi connectivity index (χ2v) is 9.42. The number of halogens is 1. The van der Waals surface area contributed by atoms with Gasteiger partial charge in [-0.1, -0.05) is 48.5 Å². The van der Waals surface area contributed by atoms with Crippen molar-refractivity contribution in [2.45, 2.75) is 12.8 Å². The van der Waals surface area contributed by atoms with E-state index in [4.69, 9.17) is 20.5 Å². The maximum absolute atomic E-state index is 12.3. The molecule has 3 rings (SSSR count). The number of ether oxygens (including phenoxy) is 1. The van der Waals surface area contributed by atoms with Crippen LogP contribution in [0.4, 0.5) is 4.79 Å². The molecule has 7 heteroatoms. The van der Waals surface area contributed by atoms with Gasteiger partial charge in [0, 0.05) is 13.0 Å². The summed E-state index contributed by atoms with van der Waals surface area (Å²) in [5.41, 5.74) is 4.61. The summed E-state index contributed by atoms with van der Waals surface area (Å²) in [6.07, 6.45) is -0.772. The van der Waals surface area contributed by atoms with E-state index < -0.39 is 12.8 Å². The summed E-state index contributed by atoms with van der Waals surface area (Å²) in [4.78, 5) is 13.5. The van der Waals surface area contributed by atoms with Gasteiger partial charge in [0.2, 0.25) is 0 Å². The maximum Gasteiger partial charge on any atom is 0.410 e. The number of nitrogens with zero attached hydrogens (tertiary/aromatic N) is 1. The molecule has 0 aromatic heterocycles. The average molecular weight is 394 g/mol. The Labute approximate surface area is 158 Å². The Kier molecular flexibility index (Phi) is 5.71. The highest BCUT2D eigenvalue weighted by atomic mass is 35.7. The molecular formula is C19H21ClNO4P. The van der Waals surface area contributed by atoms with Crippen LogP contribution in [-0.2, 0) is 13.8 Å². The average Bonchev–Trinajstić information content (AvgIpc) is 2.93. The lowest BCUT2D eigenvalue weighted by molar-refractivity contribution is 0.112. The van der Waals surface area contributed by atoms with Crippen LogP contribution in [0.25, 0.3) is 11.1 Å². The maximum atomic E-state index is 12.3. The van der Waals surface area contributed by atoms with Crippen LogP contribution in [0.1, 0.15) is 24.0 Å². The van der Waals surface area contributed by atoms with Gasteiger partial charge in [0.05, 0.1) is 6.61 Å². The molecule has 0 fully saturated rings. The first-order valence-electron chi connectivity index (χ1n) is 8.42. The Morgan fingerprint density at radius 3 is 2.19 bits per heavy atom. The quantitative estimate of drug-likeness (QED) is 0.625. The SMILES string of the molecule is CCOP(=O)(Cl)CN(C)C(=O)OCC1c2ccccc2-c2ccccc21. The minimum Gasteiger partial charge on any atom is -0.448 e. The highest BCUT2D eigenvalue weighted by Gasteiger charge is 2.30. The van der Waals surface area contributed by atoms with E-state index in [0.717, 1.165) is 11.1 Å². The van der Waals surface area contributed by atoms with Crippen LogP contribution in [0.3, 0.4) is 0 Å². The largest absolute Gasteiger partial charge is 0.448 e. The summed E-state index contributed by atoms with van der Waals surface area (Å²) in [7, 11) is 1.49. The van der Waals surface area contributed by atoms with E-state index in [1.54, 1.807) is 6.92 Å². The number of carbonyl (C=O) groups excluding carboxylic acids is 1. The monoisotopic (exact) mass is 393 g/mol. The number of hydrogen-bond acceptors (Lipinski definition) is 4. The van der Waals surface area contributed by atoms with Crippen LogP contribution in [0.5, 0.6) is 0 Å². The van der Waals surface area contributed by atoms with Gasteiger partial charge in [0.15, 0.2) is 0 Å². The standard InChI is InChI=1S/C19H21ClNO4P/c1-3-25-26(20,23)13-21(2)19(22)24-12-18-16-10-6-4-8-14(16)15-9-5-7-11-17(15)18/h4-11,18H,3,12-13H2,1-2H3. The summed E-state index contributed by atoms with van der Waals surface area (Å²) >= 11 is 5.82. The van der Waals surface area contributed by atoms with Crippen molar-refractivity contribution in [2.75, 3.05) is 26.5 Å². The van der Waals surface area contributed by atoms with Crippen molar-refractivity contribution >= 4 is 24.1 Å². The molecule has 2 aromatic rings. The van der Waals surface area contributed by atoms with Crippen LogP contribution < -0.4 is 0 Å². The molecule has 0 saturated heterocycles. The Morgan fingerprint density at radius 2 is 1.65 bits per heavy atom. The van der Waals surface area contributed by atoms with E-state index in [-0.39, 0.29) is 25.4 Å². The lowest BCUT2D eigenvalue weighted by atomic mass is 9.98. The Hall–Kier alpha value is -1.81. The fourth-order valence-corrected chi connectivity index (χ4v) is 5.11. The minimum atomic E-state index is -3.36. The van der Waals surface area contributed by atoms with Gasteiger partial charge in [-0.15, -0.1) is 0 Å². The molecule has 0 radical (unpaired) electrons. The summed E-state index contributed by atoms with van der Waals surface area (Å²) in [5.74, 6) is -0.0190. The molecule has 0 spiro atoms. The van der Waals surface area contributed by atoms with Crippen molar-refractivity contribution < 1.29 is 18.6 Å². The van der Waals surface area contributed by atoms with Crippen molar-refractivity contribution in [2.24, 2.45) is 0 Å². The first-order chi connectivity index (χ1) is 12.4. The van der Waals surface area contributed by atoms with Gasteiger partial charge in [0.1, 0.15) is 12.9 Å². The zero-order valence-electron chi connectivity index (χ0n) is 14.7. The molecule has 5 nitrogen and oxygen atoms in total. The van der Waals surface area contributed by atoms with Gasteiger partial charge >= 0.3 is 12.8 Å². The zero-order valence-corrected chi connectivity index (χ0v) is 16.4. The highest BCUT2D eigenvalue weighted by Crippen LogP contribution is 2.52. The van der Waals surface area contributed by atoms with Crippen molar-refractivity contribution in [3.63, 3.8) is 0 Å². The molecular weight excluding hydrogens is 373 g/mol.